The number of carbonyl (C=O) groups excluding carboxylic acids is 1. The molecular weight excluding hydrogens is 496 g/mol. The Hall–Kier alpha value is -2.23. The van der Waals surface area contributed by atoms with Gasteiger partial charge in [0, 0.05) is 24.1 Å². The third-order valence-corrected chi connectivity index (χ3v) is 12.0. The van der Waals surface area contributed by atoms with Gasteiger partial charge in [-0.05, 0) is 109 Å². The van der Waals surface area contributed by atoms with Crippen LogP contribution in [-0.4, -0.2) is 22.3 Å². The average molecular weight is 549 g/mol. The lowest BCUT2D eigenvalue weighted by atomic mass is 9.47. The maximum absolute atomic E-state index is 12.6. The lowest BCUT2D eigenvalue weighted by molar-refractivity contribution is -0.145. The standard InChI is InChI=1S/C36H52O4/c1-23(2)7-6-8-24(3)30-14-15-31-29-13-11-26-21-28(17-19-35(26,4)32(29)18-20-36(30,31)5)40-34(39)16-10-25-9-12-27(37)22-33(25)38/h9-12,16,22-24,28-32,37-38H,6-8,13-15,17-21H2,1-5H3/b16-10+/t24-,28+,29+,30-,31+,32+,35+,36-/m1/s1. The predicted octanol–water partition coefficient (Wildman–Crippen LogP) is 9.06. The van der Waals surface area contributed by atoms with Crippen LogP contribution in [0, 0.1) is 46.3 Å². The van der Waals surface area contributed by atoms with Gasteiger partial charge >= 0.3 is 5.97 Å². The fourth-order valence-corrected chi connectivity index (χ4v) is 9.79. The first-order chi connectivity index (χ1) is 19.0. The number of esters is 1. The third kappa shape index (κ3) is 5.61. The molecule has 220 valence electrons. The molecule has 0 aliphatic heterocycles. The number of phenolic OH excluding ortho intramolecular Hbond substituents is 2. The predicted molar refractivity (Wildman–Crippen MR) is 162 cm³/mol. The number of fused-ring (bicyclic) bond motifs is 5. The molecule has 4 nitrogen and oxygen atoms in total. The zero-order chi connectivity index (χ0) is 28.7. The monoisotopic (exact) mass is 548 g/mol. The number of benzene rings is 1. The van der Waals surface area contributed by atoms with E-state index in [1.807, 2.05) is 0 Å². The van der Waals surface area contributed by atoms with Gasteiger partial charge in [0.2, 0.25) is 0 Å². The van der Waals surface area contributed by atoms with Crippen molar-refractivity contribution in [2.75, 3.05) is 0 Å². The molecule has 0 heterocycles. The van der Waals surface area contributed by atoms with Crippen LogP contribution in [0.2, 0.25) is 0 Å². The largest absolute Gasteiger partial charge is 0.508 e. The third-order valence-electron chi connectivity index (χ3n) is 12.0. The first-order valence-electron chi connectivity index (χ1n) is 16.1. The molecule has 0 bridgehead atoms. The minimum atomic E-state index is -0.372. The van der Waals surface area contributed by atoms with Crippen LogP contribution in [0.25, 0.3) is 6.08 Å². The van der Waals surface area contributed by atoms with Crippen molar-refractivity contribution in [3.8, 4) is 11.5 Å². The van der Waals surface area contributed by atoms with Gasteiger partial charge in [-0.3, -0.25) is 0 Å². The molecule has 3 saturated carbocycles. The van der Waals surface area contributed by atoms with E-state index in [1.165, 1.54) is 75.1 Å². The summed E-state index contributed by atoms with van der Waals surface area (Å²) in [5.41, 5.74) is 2.75. The fourth-order valence-electron chi connectivity index (χ4n) is 9.79. The Morgan fingerprint density at radius 1 is 1.05 bits per heavy atom. The molecule has 3 fully saturated rings. The molecule has 1 aromatic rings. The average Bonchev–Trinajstić information content (AvgIpc) is 3.25. The van der Waals surface area contributed by atoms with Crippen LogP contribution in [0.15, 0.2) is 35.9 Å². The second kappa shape index (κ2) is 11.6. The lowest BCUT2D eigenvalue weighted by Gasteiger charge is -2.58. The summed E-state index contributed by atoms with van der Waals surface area (Å²) in [5.74, 6) is 4.52. The van der Waals surface area contributed by atoms with Crippen LogP contribution in [0.5, 0.6) is 11.5 Å². The number of rotatable bonds is 8. The zero-order valence-corrected chi connectivity index (χ0v) is 25.5. The number of aromatic hydroxyl groups is 2. The second-order valence-corrected chi connectivity index (χ2v) is 14.7. The van der Waals surface area contributed by atoms with Crippen molar-refractivity contribution in [2.24, 2.45) is 46.3 Å². The normalized spacial score (nSPS) is 36.0. The number of hydrogen-bond acceptors (Lipinski definition) is 4. The Labute approximate surface area is 242 Å². The van der Waals surface area contributed by atoms with Crippen molar-refractivity contribution in [3.05, 3.63) is 41.5 Å². The summed E-state index contributed by atoms with van der Waals surface area (Å²) < 4.78 is 5.88. The van der Waals surface area contributed by atoms with Gasteiger partial charge in [0.05, 0.1) is 0 Å². The molecule has 4 heteroatoms. The Bertz CT molecular complexity index is 1130. The number of phenols is 2. The van der Waals surface area contributed by atoms with E-state index in [1.54, 1.807) is 12.1 Å². The molecule has 40 heavy (non-hydrogen) atoms. The summed E-state index contributed by atoms with van der Waals surface area (Å²) in [5, 5.41) is 19.4. The van der Waals surface area contributed by atoms with Gasteiger partial charge in [-0.1, -0.05) is 65.5 Å². The summed E-state index contributed by atoms with van der Waals surface area (Å²) in [4.78, 5) is 12.6. The van der Waals surface area contributed by atoms with E-state index in [0.29, 0.717) is 11.0 Å². The quantitative estimate of drug-likeness (QED) is 0.193. The number of allylic oxidation sites excluding steroid dienone is 1. The van der Waals surface area contributed by atoms with Crippen LogP contribution in [-0.2, 0) is 9.53 Å². The fraction of sp³-hybridized carbons (Fsp3) is 0.694. The topological polar surface area (TPSA) is 66.8 Å². The Balaban J connectivity index is 1.21. The molecule has 4 aliphatic rings. The Morgan fingerprint density at radius 2 is 1.85 bits per heavy atom. The summed E-state index contributed by atoms with van der Waals surface area (Å²) in [6.07, 6.45) is 19.2. The lowest BCUT2D eigenvalue weighted by Crippen LogP contribution is -2.51. The van der Waals surface area contributed by atoms with Gasteiger partial charge in [0.25, 0.3) is 0 Å². The molecule has 0 unspecified atom stereocenters. The van der Waals surface area contributed by atoms with Crippen LogP contribution < -0.4 is 0 Å². The first kappa shape index (κ1) is 29.3. The van der Waals surface area contributed by atoms with E-state index in [0.717, 1.165) is 54.8 Å². The first-order valence-corrected chi connectivity index (χ1v) is 16.1. The molecule has 0 amide bonds. The van der Waals surface area contributed by atoms with E-state index >= 15 is 0 Å². The Morgan fingerprint density at radius 3 is 2.60 bits per heavy atom. The van der Waals surface area contributed by atoms with Gasteiger partial charge in [0.1, 0.15) is 17.6 Å². The molecule has 8 atom stereocenters. The molecule has 0 spiro atoms. The molecule has 0 saturated heterocycles. The van der Waals surface area contributed by atoms with Crippen LogP contribution >= 0.6 is 0 Å². The molecule has 4 aliphatic carbocycles. The van der Waals surface area contributed by atoms with Crippen molar-refractivity contribution in [2.45, 2.75) is 111 Å². The molecule has 0 radical (unpaired) electrons. The number of carbonyl (C=O) groups is 1. The molecule has 5 rings (SSSR count). The Kier molecular flexibility index (Phi) is 8.47. The maximum Gasteiger partial charge on any atom is 0.331 e. The van der Waals surface area contributed by atoms with E-state index in [2.05, 4.69) is 40.7 Å². The molecular formula is C36H52O4. The van der Waals surface area contributed by atoms with Gasteiger partial charge in [0.15, 0.2) is 0 Å². The number of ether oxygens (including phenoxy) is 1. The van der Waals surface area contributed by atoms with E-state index in [-0.39, 0.29) is 29.0 Å². The van der Waals surface area contributed by atoms with Crippen molar-refractivity contribution < 1.29 is 19.7 Å². The van der Waals surface area contributed by atoms with Crippen molar-refractivity contribution in [1.29, 1.82) is 0 Å². The van der Waals surface area contributed by atoms with Crippen molar-refractivity contribution in [1.82, 2.24) is 0 Å². The van der Waals surface area contributed by atoms with Gasteiger partial charge in [-0.2, -0.15) is 0 Å². The number of hydrogen-bond donors (Lipinski definition) is 2. The highest BCUT2D eigenvalue weighted by atomic mass is 16.5. The van der Waals surface area contributed by atoms with Crippen molar-refractivity contribution >= 4 is 12.0 Å². The highest BCUT2D eigenvalue weighted by molar-refractivity contribution is 5.87. The minimum Gasteiger partial charge on any atom is -0.508 e. The summed E-state index contributed by atoms with van der Waals surface area (Å²) in [6.45, 7) is 12.4. The minimum absolute atomic E-state index is 0.00697. The van der Waals surface area contributed by atoms with Crippen LogP contribution in [0.3, 0.4) is 0 Å². The smallest absolute Gasteiger partial charge is 0.331 e. The summed E-state index contributed by atoms with van der Waals surface area (Å²) in [6, 6.07) is 4.34. The highest BCUT2D eigenvalue weighted by Gasteiger charge is 2.59. The molecule has 2 N–H and O–H groups in total. The molecule has 0 aromatic heterocycles. The van der Waals surface area contributed by atoms with Crippen molar-refractivity contribution in [3.63, 3.8) is 0 Å². The van der Waals surface area contributed by atoms with Gasteiger partial charge < -0.3 is 14.9 Å². The van der Waals surface area contributed by atoms with Crippen LogP contribution in [0.1, 0.15) is 111 Å². The van der Waals surface area contributed by atoms with Crippen LogP contribution in [0.4, 0.5) is 0 Å². The maximum atomic E-state index is 12.6. The zero-order valence-electron chi connectivity index (χ0n) is 25.5. The summed E-state index contributed by atoms with van der Waals surface area (Å²) >= 11 is 0. The summed E-state index contributed by atoms with van der Waals surface area (Å²) in [7, 11) is 0. The molecule has 1 aromatic carbocycles. The van der Waals surface area contributed by atoms with Gasteiger partial charge in [-0.25, -0.2) is 4.79 Å². The van der Waals surface area contributed by atoms with E-state index in [4.69, 9.17) is 4.74 Å². The SMILES string of the molecule is CC(C)CCC[C@@H](C)[C@H]1CC[C@H]2[C@@H]3CC=C4C[C@@H](OC(=O)/C=C/c5ccc(O)cc5O)CC[C@]4(C)[C@H]3CC[C@]12C. The van der Waals surface area contributed by atoms with Gasteiger partial charge in [-0.15, -0.1) is 0 Å². The van der Waals surface area contributed by atoms with E-state index in [9.17, 15) is 15.0 Å². The second-order valence-electron chi connectivity index (χ2n) is 14.7. The van der Waals surface area contributed by atoms with E-state index < -0.39 is 0 Å². The highest BCUT2D eigenvalue weighted by Crippen LogP contribution is 2.67.